The van der Waals surface area contributed by atoms with Crippen molar-refractivity contribution in [2.75, 3.05) is 14.1 Å². The van der Waals surface area contributed by atoms with E-state index in [9.17, 15) is 9.90 Å². The average molecular weight is 264 g/mol. The van der Waals surface area contributed by atoms with E-state index in [4.69, 9.17) is 0 Å². The predicted octanol–water partition coefficient (Wildman–Crippen LogP) is 2.64. The summed E-state index contributed by atoms with van der Waals surface area (Å²) in [5.41, 5.74) is 1.12. The molecule has 0 bridgehead atoms. The quantitative estimate of drug-likeness (QED) is 0.909. The maximum absolute atomic E-state index is 11.8. The largest absolute Gasteiger partial charge is 0.387 e. The number of hydrogen-bond acceptors (Lipinski definition) is 3. The molecule has 0 fully saturated rings. The molecule has 0 aliphatic carbocycles. The molecule has 0 saturated heterocycles. The van der Waals surface area contributed by atoms with E-state index in [1.54, 1.807) is 32.3 Å². The van der Waals surface area contributed by atoms with Gasteiger partial charge >= 0.3 is 0 Å². The van der Waals surface area contributed by atoms with Crippen LogP contribution in [0, 0.1) is 5.41 Å². The monoisotopic (exact) mass is 264 g/mol. The summed E-state index contributed by atoms with van der Waals surface area (Å²) in [5.74, 6) is -0.148. The topological polar surface area (TPSA) is 53.4 Å². The Balaban J connectivity index is 2.79. The standard InChI is InChI=1S/C15H24N2O2/c1-15(2,3)10-9-13(18)11-7-6-8-12(16-11)14(19)17(4)5/h6-8,13,18H,9-10H2,1-5H3/t13-/m0/s1. The zero-order chi connectivity index (χ0) is 14.6. The van der Waals surface area contributed by atoms with Crippen molar-refractivity contribution in [3.8, 4) is 0 Å². The lowest BCUT2D eigenvalue weighted by Gasteiger charge is -2.20. The van der Waals surface area contributed by atoms with Crippen LogP contribution in [0.25, 0.3) is 0 Å². The summed E-state index contributed by atoms with van der Waals surface area (Å²) < 4.78 is 0. The maximum atomic E-state index is 11.8. The molecule has 1 aromatic rings. The Hall–Kier alpha value is -1.42. The average Bonchev–Trinajstić information content (AvgIpc) is 2.34. The van der Waals surface area contributed by atoms with Crippen molar-refractivity contribution in [3.05, 3.63) is 29.6 Å². The summed E-state index contributed by atoms with van der Waals surface area (Å²) in [5, 5.41) is 10.1. The third-order valence-electron chi connectivity index (χ3n) is 2.91. The van der Waals surface area contributed by atoms with Crippen LogP contribution in [0.3, 0.4) is 0 Å². The zero-order valence-corrected chi connectivity index (χ0v) is 12.5. The molecule has 1 aromatic heterocycles. The van der Waals surface area contributed by atoms with Gasteiger partial charge in [-0.05, 0) is 30.4 Å². The number of aliphatic hydroxyl groups excluding tert-OH is 1. The van der Waals surface area contributed by atoms with Crippen LogP contribution < -0.4 is 0 Å². The van der Waals surface area contributed by atoms with Gasteiger partial charge < -0.3 is 10.0 Å². The zero-order valence-electron chi connectivity index (χ0n) is 12.5. The first-order valence-electron chi connectivity index (χ1n) is 6.57. The molecule has 106 valence electrons. The highest BCUT2D eigenvalue weighted by atomic mass is 16.3. The van der Waals surface area contributed by atoms with Crippen LogP contribution >= 0.6 is 0 Å². The number of rotatable bonds is 4. The second-order valence-corrected chi connectivity index (χ2v) is 6.26. The Bertz CT molecular complexity index is 436. The van der Waals surface area contributed by atoms with Gasteiger partial charge in [-0.25, -0.2) is 4.98 Å². The fraction of sp³-hybridized carbons (Fsp3) is 0.600. The van der Waals surface area contributed by atoms with Crippen molar-refractivity contribution < 1.29 is 9.90 Å². The summed E-state index contributed by atoms with van der Waals surface area (Å²) in [4.78, 5) is 17.6. The molecule has 0 unspecified atom stereocenters. The van der Waals surface area contributed by atoms with Gasteiger partial charge in [0.05, 0.1) is 11.8 Å². The summed E-state index contributed by atoms with van der Waals surface area (Å²) in [6.07, 6.45) is 0.937. The lowest BCUT2D eigenvalue weighted by molar-refractivity contribution is 0.0820. The number of aromatic nitrogens is 1. The van der Waals surface area contributed by atoms with Gasteiger partial charge in [-0.3, -0.25) is 4.79 Å². The first-order chi connectivity index (χ1) is 8.70. The number of carbonyl (C=O) groups is 1. The van der Waals surface area contributed by atoms with Gasteiger partial charge in [0.15, 0.2) is 0 Å². The van der Waals surface area contributed by atoms with Gasteiger partial charge in [0, 0.05) is 14.1 Å². The fourth-order valence-corrected chi connectivity index (χ4v) is 1.70. The van der Waals surface area contributed by atoms with Crippen molar-refractivity contribution in [1.82, 2.24) is 9.88 Å². The summed E-state index contributed by atoms with van der Waals surface area (Å²) >= 11 is 0. The molecule has 0 aromatic carbocycles. The smallest absolute Gasteiger partial charge is 0.271 e. The van der Waals surface area contributed by atoms with Gasteiger partial charge in [-0.2, -0.15) is 0 Å². The Labute approximate surface area is 115 Å². The molecule has 1 amide bonds. The van der Waals surface area contributed by atoms with Crippen molar-refractivity contribution >= 4 is 5.91 Å². The molecule has 0 aliphatic heterocycles. The highest BCUT2D eigenvalue weighted by Crippen LogP contribution is 2.26. The van der Waals surface area contributed by atoms with Crippen molar-refractivity contribution in [2.45, 2.75) is 39.7 Å². The van der Waals surface area contributed by atoms with Crippen LogP contribution in [0.5, 0.6) is 0 Å². The van der Waals surface area contributed by atoms with E-state index in [0.717, 1.165) is 6.42 Å². The lowest BCUT2D eigenvalue weighted by Crippen LogP contribution is -2.23. The Morgan fingerprint density at radius 3 is 2.53 bits per heavy atom. The molecule has 1 N–H and O–H groups in total. The van der Waals surface area contributed by atoms with Crippen LogP contribution in [0.15, 0.2) is 18.2 Å². The van der Waals surface area contributed by atoms with E-state index in [1.807, 2.05) is 0 Å². The van der Waals surface area contributed by atoms with E-state index in [0.29, 0.717) is 17.8 Å². The first kappa shape index (κ1) is 15.6. The van der Waals surface area contributed by atoms with Gasteiger partial charge in [0.25, 0.3) is 5.91 Å². The number of pyridine rings is 1. The molecular weight excluding hydrogens is 240 g/mol. The molecule has 0 spiro atoms. The minimum Gasteiger partial charge on any atom is -0.387 e. The van der Waals surface area contributed by atoms with Gasteiger partial charge in [-0.1, -0.05) is 26.8 Å². The minimum absolute atomic E-state index is 0.148. The minimum atomic E-state index is -0.617. The van der Waals surface area contributed by atoms with Crippen LogP contribution in [0.1, 0.15) is 55.9 Å². The molecule has 19 heavy (non-hydrogen) atoms. The predicted molar refractivity (Wildman–Crippen MR) is 75.9 cm³/mol. The molecule has 1 atom stereocenters. The van der Waals surface area contributed by atoms with E-state index in [2.05, 4.69) is 25.8 Å². The summed E-state index contributed by atoms with van der Waals surface area (Å²) in [6, 6.07) is 5.20. The first-order valence-corrected chi connectivity index (χ1v) is 6.57. The molecule has 0 radical (unpaired) electrons. The second-order valence-electron chi connectivity index (χ2n) is 6.26. The lowest BCUT2D eigenvalue weighted by atomic mass is 9.89. The normalized spacial score (nSPS) is 13.2. The fourth-order valence-electron chi connectivity index (χ4n) is 1.70. The molecule has 4 heteroatoms. The highest BCUT2D eigenvalue weighted by molar-refractivity contribution is 5.91. The van der Waals surface area contributed by atoms with Gasteiger partial charge in [-0.15, -0.1) is 0 Å². The van der Waals surface area contributed by atoms with Crippen LogP contribution in [-0.2, 0) is 0 Å². The molecule has 4 nitrogen and oxygen atoms in total. The van der Waals surface area contributed by atoms with Crippen molar-refractivity contribution in [3.63, 3.8) is 0 Å². The van der Waals surface area contributed by atoms with Crippen molar-refractivity contribution in [2.24, 2.45) is 5.41 Å². The Morgan fingerprint density at radius 2 is 2.00 bits per heavy atom. The number of carbonyl (C=O) groups excluding carboxylic acids is 1. The molecule has 0 saturated carbocycles. The molecule has 1 rings (SSSR count). The maximum Gasteiger partial charge on any atom is 0.271 e. The number of hydrogen-bond donors (Lipinski definition) is 1. The van der Waals surface area contributed by atoms with Crippen LogP contribution in [0.4, 0.5) is 0 Å². The summed E-state index contributed by atoms with van der Waals surface area (Å²) in [7, 11) is 3.37. The van der Waals surface area contributed by atoms with Gasteiger partial charge in [0.1, 0.15) is 5.69 Å². The summed E-state index contributed by atoms with van der Waals surface area (Å²) in [6.45, 7) is 6.41. The SMILES string of the molecule is CN(C)C(=O)c1cccc([C@@H](O)CCC(C)(C)C)n1. The molecule has 1 heterocycles. The Morgan fingerprint density at radius 1 is 1.37 bits per heavy atom. The molecule has 0 aliphatic rings. The third-order valence-corrected chi connectivity index (χ3v) is 2.91. The van der Waals surface area contributed by atoms with Crippen molar-refractivity contribution in [1.29, 1.82) is 0 Å². The van der Waals surface area contributed by atoms with E-state index in [-0.39, 0.29) is 11.3 Å². The number of amides is 1. The van der Waals surface area contributed by atoms with Crippen LogP contribution in [0.2, 0.25) is 0 Å². The second kappa shape index (κ2) is 6.15. The van der Waals surface area contributed by atoms with E-state index < -0.39 is 6.10 Å². The number of aliphatic hydroxyl groups is 1. The van der Waals surface area contributed by atoms with Gasteiger partial charge in [0.2, 0.25) is 0 Å². The Kier molecular flexibility index (Phi) is 5.06. The van der Waals surface area contributed by atoms with E-state index >= 15 is 0 Å². The van der Waals surface area contributed by atoms with E-state index in [1.165, 1.54) is 4.90 Å². The van der Waals surface area contributed by atoms with Crippen LogP contribution in [-0.4, -0.2) is 35.0 Å². The number of nitrogens with zero attached hydrogens (tertiary/aromatic N) is 2. The highest BCUT2D eigenvalue weighted by Gasteiger charge is 2.17. The molecular formula is C15H24N2O2. The third kappa shape index (κ3) is 4.99.